The number of nitrogen functional groups attached to an aromatic ring is 1. The van der Waals surface area contributed by atoms with E-state index in [1.54, 1.807) is 16.6 Å². The Morgan fingerprint density at radius 2 is 1.89 bits per heavy atom. The van der Waals surface area contributed by atoms with Crippen LogP contribution < -0.4 is 11.1 Å². The maximum absolute atomic E-state index is 11.0. The third-order valence-electron chi connectivity index (χ3n) is 4.79. The molecule has 3 N–H and O–H groups in total. The van der Waals surface area contributed by atoms with Crippen molar-refractivity contribution < 1.29 is 4.92 Å². The van der Waals surface area contributed by atoms with Crippen molar-refractivity contribution in [2.45, 2.75) is 6.04 Å². The standard InChI is InChI=1S/C19H14N6O2/c20-19-22-17-13-3-1-2-4-15(13)21-16(14-9-10-24(23-19)18(14)17)11-5-7-12(8-6-11)25(26)27/h1-10,16,21H,(H2,20,23). The van der Waals surface area contributed by atoms with Crippen LogP contribution in [0.1, 0.15) is 17.2 Å². The maximum Gasteiger partial charge on any atom is 0.269 e. The zero-order valence-electron chi connectivity index (χ0n) is 14.0. The minimum Gasteiger partial charge on any atom is -0.374 e. The van der Waals surface area contributed by atoms with Crippen molar-refractivity contribution in [2.75, 3.05) is 11.1 Å². The number of nitrogens with one attached hydrogen (secondary N) is 1. The summed E-state index contributed by atoms with van der Waals surface area (Å²) in [4.78, 5) is 15.1. The highest BCUT2D eigenvalue weighted by atomic mass is 16.6. The number of anilines is 2. The van der Waals surface area contributed by atoms with E-state index in [9.17, 15) is 10.1 Å². The van der Waals surface area contributed by atoms with Crippen LogP contribution in [0.2, 0.25) is 0 Å². The second-order valence-electron chi connectivity index (χ2n) is 6.35. The summed E-state index contributed by atoms with van der Waals surface area (Å²) >= 11 is 0. The lowest BCUT2D eigenvalue weighted by Gasteiger charge is -2.19. The van der Waals surface area contributed by atoms with E-state index in [-0.39, 0.29) is 17.7 Å². The Hall–Kier alpha value is -3.94. The molecule has 0 spiro atoms. The zero-order chi connectivity index (χ0) is 18.5. The summed E-state index contributed by atoms with van der Waals surface area (Å²) in [7, 11) is 0. The molecule has 0 saturated carbocycles. The number of nitro groups is 1. The summed E-state index contributed by atoms with van der Waals surface area (Å²) in [6, 6.07) is 16.2. The van der Waals surface area contributed by atoms with Gasteiger partial charge in [-0.3, -0.25) is 10.1 Å². The SMILES string of the molecule is Nc1nc2c3c(ccn3n1)C(c1ccc([N+](=O)[O-])cc1)Nc1ccccc1-2. The van der Waals surface area contributed by atoms with Gasteiger partial charge in [-0.05, 0) is 29.8 Å². The minimum atomic E-state index is -0.401. The van der Waals surface area contributed by atoms with Crippen molar-refractivity contribution >= 4 is 22.8 Å². The molecule has 8 heteroatoms. The molecule has 0 radical (unpaired) electrons. The van der Waals surface area contributed by atoms with Gasteiger partial charge in [0, 0.05) is 35.1 Å². The number of nitrogens with two attached hydrogens (primary N) is 1. The molecular formula is C19H14N6O2. The predicted molar refractivity (Wildman–Crippen MR) is 101 cm³/mol. The van der Waals surface area contributed by atoms with Crippen molar-refractivity contribution in [3.8, 4) is 11.3 Å². The molecule has 132 valence electrons. The van der Waals surface area contributed by atoms with Gasteiger partial charge in [0.1, 0.15) is 5.69 Å². The number of aromatic nitrogens is 3. The highest BCUT2D eigenvalue weighted by Crippen LogP contribution is 2.41. The first-order valence-corrected chi connectivity index (χ1v) is 8.37. The van der Waals surface area contributed by atoms with Gasteiger partial charge < -0.3 is 11.1 Å². The average Bonchev–Trinajstić information content (AvgIpc) is 3.03. The fourth-order valence-corrected chi connectivity index (χ4v) is 3.59. The van der Waals surface area contributed by atoms with E-state index >= 15 is 0 Å². The number of hydrogen-bond donors (Lipinski definition) is 2. The molecule has 0 aliphatic carbocycles. The van der Waals surface area contributed by atoms with Crippen molar-refractivity contribution in [3.63, 3.8) is 0 Å². The molecule has 0 saturated heterocycles. The Bertz CT molecular complexity index is 1200. The van der Waals surface area contributed by atoms with Crippen LogP contribution in [0.5, 0.6) is 0 Å². The zero-order valence-corrected chi connectivity index (χ0v) is 14.0. The highest BCUT2D eigenvalue weighted by molar-refractivity contribution is 5.90. The van der Waals surface area contributed by atoms with Crippen LogP contribution in [0.15, 0.2) is 60.8 Å². The summed E-state index contributed by atoms with van der Waals surface area (Å²) in [5, 5.41) is 18.8. The molecule has 2 aromatic carbocycles. The molecule has 4 aromatic rings. The summed E-state index contributed by atoms with van der Waals surface area (Å²) in [5.74, 6) is 0.197. The summed E-state index contributed by atoms with van der Waals surface area (Å²) in [6.07, 6.45) is 1.85. The molecule has 3 heterocycles. The van der Waals surface area contributed by atoms with E-state index in [4.69, 9.17) is 5.73 Å². The second-order valence-corrected chi connectivity index (χ2v) is 6.35. The summed E-state index contributed by atoms with van der Waals surface area (Å²) < 4.78 is 1.73. The van der Waals surface area contributed by atoms with Gasteiger partial charge in [0.25, 0.3) is 5.69 Å². The lowest BCUT2D eigenvalue weighted by atomic mass is 9.99. The van der Waals surface area contributed by atoms with Crippen molar-refractivity contribution in [1.82, 2.24) is 14.6 Å². The predicted octanol–water partition coefficient (Wildman–Crippen LogP) is 3.40. The molecule has 1 atom stereocenters. The third-order valence-corrected chi connectivity index (χ3v) is 4.79. The molecule has 1 aliphatic heterocycles. The quantitative estimate of drug-likeness (QED) is 0.420. The molecule has 0 bridgehead atoms. The fraction of sp³-hybridized carbons (Fsp3) is 0.0526. The minimum absolute atomic E-state index is 0.0614. The fourth-order valence-electron chi connectivity index (χ4n) is 3.59. The van der Waals surface area contributed by atoms with Gasteiger partial charge in [0.05, 0.1) is 16.5 Å². The molecule has 2 aromatic heterocycles. The number of hydrogen-bond acceptors (Lipinski definition) is 6. The van der Waals surface area contributed by atoms with E-state index in [0.29, 0.717) is 0 Å². The van der Waals surface area contributed by atoms with Crippen LogP contribution in [-0.2, 0) is 0 Å². The van der Waals surface area contributed by atoms with Gasteiger partial charge in [0.2, 0.25) is 5.95 Å². The molecule has 5 rings (SSSR count). The van der Waals surface area contributed by atoms with E-state index in [0.717, 1.165) is 33.6 Å². The Balaban J connectivity index is 1.77. The van der Waals surface area contributed by atoms with E-state index in [1.807, 2.05) is 36.5 Å². The first-order valence-electron chi connectivity index (χ1n) is 8.37. The van der Waals surface area contributed by atoms with E-state index in [1.165, 1.54) is 12.1 Å². The van der Waals surface area contributed by atoms with Crippen molar-refractivity contribution in [1.29, 1.82) is 0 Å². The van der Waals surface area contributed by atoms with Gasteiger partial charge in [-0.15, -0.1) is 5.10 Å². The lowest BCUT2D eigenvalue weighted by molar-refractivity contribution is -0.384. The molecule has 1 aliphatic rings. The largest absolute Gasteiger partial charge is 0.374 e. The molecule has 8 nitrogen and oxygen atoms in total. The topological polar surface area (TPSA) is 111 Å². The van der Waals surface area contributed by atoms with Gasteiger partial charge >= 0.3 is 0 Å². The van der Waals surface area contributed by atoms with Gasteiger partial charge in [-0.2, -0.15) is 0 Å². The molecule has 1 unspecified atom stereocenters. The average molecular weight is 358 g/mol. The third kappa shape index (κ3) is 2.30. The number of nitro benzene ring substituents is 1. The van der Waals surface area contributed by atoms with Gasteiger partial charge in [-0.1, -0.05) is 18.2 Å². The van der Waals surface area contributed by atoms with Crippen LogP contribution in [0.4, 0.5) is 17.3 Å². The van der Waals surface area contributed by atoms with Gasteiger partial charge in [-0.25, -0.2) is 9.50 Å². The van der Waals surface area contributed by atoms with E-state index < -0.39 is 4.92 Å². The number of nitrogens with zero attached hydrogens (tertiary/aromatic N) is 4. The first-order chi connectivity index (χ1) is 13.1. The molecular weight excluding hydrogens is 344 g/mol. The van der Waals surface area contributed by atoms with Crippen molar-refractivity contribution in [2.24, 2.45) is 0 Å². The van der Waals surface area contributed by atoms with Crippen LogP contribution in [0.25, 0.3) is 16.8 Å². The molecule has 27 heavy (non-hydrogen) atoms. The van der Waals surface area contributed by atoms with Gasteiger partial charge in [0.15, 0.2) is 0 Å². The number of benzene rings is 2. The number of para-hydroxylation sites is 1. The Kier molecular flexibility index (Phi) is 3.14. The number of non-ortho nitro benzene ring substituents is 1. The highest BCUT2D eigenvalue weighted by Gasteiger charge is 2.27. The monoisotopic (exact) mass is 358 g/mol. The summed E-state index contributed by atoms with van der Waals surface area (Å²) in [5.41, 5.74) is 11.3. The van der Waals surface area contributed by atoms with Crippen LogP contribution in [0, 0.1) is 10.1 Å². The Labute approximate surface area is 153 Å². The molecule has 0 amide bonds. The lowest BCUT2D eigenvalue weighted by Crippen LogP contribution is -2.11. The van der Waals surface area contributed by atoms with Crippen LogP contribution in [0.3, 0.4) is 0 Å². The van der Waals surface area contributed by atoms with Crippen LogP contribution in [-0.4, -0.2) is 19.5 Å². The number of fused-ring (bicyclic) bond motifs is 2. The number of rotatable bonds is 2. The second kappa shape index (κ2) is 5.53. The summed E-state index contributed by atoms with van der Waals surface area (Å²) in [6.45, 7) is 0. The maximum atomic E-state index is 11.0. The Morgan fingerprint density at radius 3 is 2.67 bits per heavy atom. The van der Waals surface area contributed by atoms with Crippen molar-refractivity contribution in [3.05, 3.63) is 82.0 Å². The normalized spacial score (nSPS) is 15.0. The van der Waals surface area contributed by atoms with Crippen LogP contribution >= 0.6 is 0 Å². The van der Waals surface area contributed by atoms with E-state index in [2.05, 4.69) is 15.4 Å². The Morgan fingerprint density at radius 1 is 1.11 bits per heavy atom. The smallest absolute Gasteiger partial charge is 0.269 e. The first kappa shape index (κ1) is 15.3. The molecule has 0 fully saturated rings.